The fourth-order valence-electron chi connectivity index (χ4n) is 2.50. The molecule has 0 N–H and O–H groups in total. The number of thiazole rings is 1. The first-order chi connectivity index (χ1) is 10.7. The molecule has 108 valence electrons. The standard InChI is InChI=1S/C17H12FN3S/c1-11-9-13(7-8-14(11)18)15-10-22-17-20-19-16(21(15)17)12-5-3-2-4-6-12/h2-10H,1H3. The molecule has 0 radical (unpaired) electrons. The normalized spacial score (nSPS) is 11.2. The van der Waals surface area contributed by atoms with Crippen molar-refractivity contribution in [1.82, 2.24) is 14.6 Å². The second-order valence-electron chi connectivity index (χ2n) is 5.09. The van der Waals surface area contributed by atoms with E-state index >= 15 is 0 Å². The highest BCUT2D eigenvalue weighted by Gasteiger charge is 2.15. The zero-order valence-corrected chi connectivity index (χ0v) is 12.6. The first-order valence-corrected chi connectivity index (χ1v) is 7.76. The van der Waals surface area contributed by atoms with Gasteiger partial charge >= 0.3 is 0 Å². The summed E-state index contributed by atoms with van der Waals surface area (Å²) in [6.45, 7) is 1.77. The van der Waals surface area contributed by atoms with Gasteiger partial charge in [0.25, 0.3) is 0 Å². The van der Waals surface area contributed by atoms with E-state index in [1.807, 2.05) is 46.2 Å². The molecule has 2 heterocycles. The summed E-state index contributed by atoms with van der Waals surface area (Å²) >= 11 is 1.53. The number of benzene rings is 2. The molecule has 3 nitrogen and oxygen atoms in total. The van der Waals surface area contributed by atoms with Crippen molar-refractivity contribution < 1.29 is 4.39 Å². The average Bonchev–Trinajstić information content (AvgIpc) is 3.13. The number of hydrogen-bond acceptors (Lipinski definition) is 3. The van der Waals surface area contributed by atoms with Crippen LogP contribution in [-0.2, 0) is 0 Å². The highest BCUT2D eigenvalue weighted by atomic mass is 32.1. The first-order valence-electron chi connectivity index (χ1n) is 6.88. The maximum Gasteiger partial charge on any atom is 0.216 e. The fraction of sp³-hybridized carbons (Fsp3) is 0.0588. The van der Waals surface area contributed by atoms with Crippen LogP contribution in [0.5, 0.6) is 0 Å². The Morgan fingerprint density at radius 3 is 2.59 bits per heavy atom. The number of halogens is 1. The highest BCUT2D eigenvalue weighted by molar-refractivity contribution is 7.15. The number of aryl methyl sites for hydroxylation is 1. The van der Waals surface area contributed by atoms with Gasteiger partial charge in [0.2, 0.25) is 4.96 Å². The van der Waals surface area contributed by atoms with Gasteiger partial charge < -0.3 is 0 Å². The lowest BCUT2D eigenvalue weighted by Crippen LogP contribution is -1.92. The second-order valence-corrected chi connectivity index (χ2v) is 5.93. The topological polar surface area (TPSA) is 30.2 Å². The van der Waals surface area contributed by atoms with E-state index in [-0.39, 0.29) is 5.82 Å². The summed E-state index contributed by atoms with van der Waals surface area (Å²) in [6.07, 6.45) is 0. The molecule has 4 rings (SSSR count). The molecule has 0 saturated heterocycles. The molecule has 0 amide bonds. The molecule has 2 aromatic heterocycles. The highest BCUT2D eigenvalue weighted by Crippen LogP contribution is 2.30. The van der Waals surface area contributed by atoms with Gasteiger partial charge in [0, 0.05) is 10.9 Å². The lowest BCUT2D eigenvalue weighted by molar-refractivity contribution is 0.619. The van der Waals surface area contributed by atoms with Gasteiger partial charge in [-0.3, -0.25) is 4.40 Å². The van der Waals surface area contributed by atoms with Crippen molar-refractivity contribution in [3.8, 4) is 22.6 Å². The minimum absolute atomic E-state index is 0.192. The smallest absolute Gasteiger partial charge is 0.216 e. The lowest BCUT2D eigenvalue weighted by Gasteiger charge is -2.05. The Hall–Kier alpha value is -2.53. The number of aromatic nitrogens is 3. The van der Waals surface area contributed by atoms with Crippen LogP contribution in [0.4, 0.5) is 4.39 Å². The van der Waals surface area contributed by atoms with Gasteiger partial charge in [-0.15, -0.1) is 21.5 Å². The average molecular weight is 309 g/mol. The molecule has 0 unspecified atom stereocenters. The van der Waals surface area contributed by atoms with Crippen LogP contribution in [0.15, 0.2) is 53.9 Å². The molecule has 22 heavy (non-hydrogen) atoms. The van der Waals surface area contributed by atoms with Crippen LogP contribution in [0.2, 0.25) is 0 Å². The van der Waals surface area contributed by atoms with Crippen LogP contribution < -0.4 is 0 Å². The molecule has 0 spiro atoms. The third-order valence-corrected chi connectivity index (χ3v) is 4.45. The van der Waals surface area contributed by atoms with Crippen LogP contribution in [-0.4, -0.2) is 14.6 Å². The number of fused-ring (bicyclic) bond motifs is 1. The van der Waals surface area contributed by atoms with Gasteiger partial charge in [0.15, 0.2) is 5.82 Å². The van der Waals surface area contributed by atoms with Gasteiger partial charge in [-0.2, -0.15) is 0 Å². The Balaban J connectivity index is 1.96. The van der Waals surface area contributed by atoms with E-state index in [0.717, 1.165) is 27.6 Å². The molecule has 0 aliphatic rings. The van der Waals surface area contributed by atoms with Crippen molar-refractivity contribution in [2.24, 2.45) is 0 Å². The molecule has 5 heteroatoms. The van der Waals surface area contributed by atoms with Gasteiger partial charge in [-0.1, -0.05) is 30.3 Å². The van der Waals surface area contributed by atoms with E-state index in [9.17, 15) is 4.39 Å². The van der Waals surface area contributed by atoms with E-state index in [1.54, 1.807) is 13.0 Å². The molecule has 0 fully saturated rings. The van der Waals surface area contributed by atoms with Gasteiger partial charge in [0.1, 0.15) is 5.82 Å². The van der Waals surface area contributed by atoms with E-state index in [4.69, 9.17) is 0 Å². The monoisotopic (exact) mass is 309 g/mol. The van der Waals surface area contributed by atoms with Crippen LogP contribution in [0.1, 0.15) is 5.56 Å². The molecular weight excluding hydrogens is 297 g/mol. The molecule has 0 aliphatic heterocycles. The maximum absolute atomic E-state index is 13.5. The Labute approximate surface area is 130 Å². The summed E-state index contributed by atoms with van der Waals surface area (Å²) in [4.78, 5) is 0.829. The molecule has 0 aliphatic carbocycles. The fourth-order valence-corrected chi connectivity index (χ4v) is 3.34. The van der Waals surface area contributed by atoms with E-state index in [0.29, 0.717) is 5.56 Å². The lowest BCUT2D eigenvalue weighted by atomic mass is 10.1. The van der Waals surface area contributed by atoms with E-state index < -0.39 is 0 Å². The molecule has 2 aromatic carbocycles. The van der Waals surface area contributed by atoms with Gasteiger partial charge in [-0.05, 0) is 36.2 Å². The molecule has 0 bridgehead atoms. The summed E-state index contributed by atoms with van der Waals surface area (Å²) in [5, 5.41) is 10.6. The summed E-state index contributed by atoms with van der Waals surface area (Å²) in [6, 6.07) is 15.1. The number of nitrogens with zero attached hydrogens (tertiary/aromatic N) is 3. The maximum atomic E-state index is 13.5. The third kappa shape index (κ3) is 2.02. The van der Waals surface area contributed by atoms with Crippen LogP contribution in [0, 0.1) is 12.7 Å². The van der Waals surface area contributed by atoms with Crippen LogP contribution in [0.3, 0.4) is 0 Å². The number of rotatable bonds is 2. The molecule has 4 aromatic rings. The summed E-state index contributed by atoms with van der Waals surface area (Å²) in [5.74, 6) is 0.607. The third-order valence-electron chi connectivity index (χ3n) is 3.64. The molecular formula is C17H12FN3S. The van der Waals surface area contributed by atoms with Crippen LogP contribution in [0.25, 0.3) is 27.6 Å². The zero-order chi connectivity index (χ0) is 15.1. The quantitative estimate of drug-likeness (QED) is 0.543. The Morgan fingerprint density at radius 1 is 1.00 bits per heavy atom. The van der Waals surface area contributed by atoms with Crippen molar-refractivity contribution in [3.05, 3.63) is 65.3 Å². The summed E-state index contributed by atoms with van der Waals surface area (Å²) in [7, 11) is 0. The molecule has 0 atom stereocenters. The Kier molecular flexibility index (Phi) is 3.01. The Morgan fingerprint density at radius 2 is 1.82 bits per heavy atom. The largest absolute Gasteiger partial charge is 0.265 e. The summed E-state index contributed by atoms with van der Waals surface area (Å²) < 4.78 is 15.5. The van der Waals surface area contributed by atoms with Crippen LogP contribution >= 0.6 is 11.3 Å². The van der Waals surface area contributed by atoms with Crippen molar-refractivity contribution in [1.29, 1.82) is 0 Å². The minimum atomic E-state index is -0.192. The van der Waals surface area contributed by atoms with Crippen molar-refractivity contribution in [2.75, 3.05) is 0 Å². The van der Waals surface area contributed by atoms with Gasteiger partial charge in [0.05, 0.1) is 5.69 Å². The minimum Gasteiger partial charge on any atom is -0.265 e. The predicted molar refractivity (Wildman–Crippen MR) is 86.4 cm³/mol. The van der Waals surface area contributed by atoms with Gasteiger partial charge in [-0.25, -0.2) is 4.39 Å². The zero-order valence-electron chi connectivity index (χ0n) is 11.8. The van der Waals surface area contributed by atoms with Crippen molar-refractivity contribution in [2.45, 2.75) is 6.92 Å². The van der Waals surface area contributed by atoms with Crippen molar-refractivity contribution >= 4 is 16.3 Å². The van der Waals surface area contributed by atoms with E-state index in [1.165, 1.54) is 17.4 Å². The predicted octanol–water partition coefficient (Wildman–Crippen LogP) is 4.57. The first kappa shape index (κ1) is 13.2. The molecule has 0 saturated carbocycles. The van der Waals surface area contributed by atoms with E-state index in [2.05, 4.69) is 10.2 Å². The second kappa shape index (κ2) is 5.03. The Bertz CT molecular complexity index is 957. The summed E-state index contributed by atoms with van der Waals surface area (Å²) in [5.41, 5.74) is 3.58. The van der Waals surface area contributed by atoms with Crippen molar-refractivity contribution in [3.63, 3.8) is 0 Å². The SMILES string of the molecule is Cc1cc(-c2csc3nnc(-c4ccccc4)n23)ccc1F. The number of hydrogen-bond donors (Lipinski definition) is 0.